The van der Waals surface area contributed by atoms with Crippen LogP contribution >= 0.6 is 0 Å². The number of rotatable bonds is 6. The Morgan fingerprint density at radius 3 is 2.17 bits per heavy atom. The summed E-state index contributed by atoms with van der Waals surface area (Å²) in [5.74, 6) is 0.574. The molecule has 0 radical (unpaired) electrons. The first-order valence-electron chi connectivity index (χ1n) is 9.48. The van der Waals surface area contributed by atoms with Crippen molar-refractivity contribution in [3.05, 3.63) is 94.1 Å². The van der Waals surface area contributed by atoms with E-state index in [0.29, 0.717) is 16.9 Å². The minimum Gasteiger partial charge on any atom is -0.493 e. The van der Waals surface area contributed by atoms with Gasteiger partial charge in [-0.1, -0.05) is 60.7 Å². The Balaban J connectivity index is 2.00. The highest BCUT2D eigenvalue weighted by Crippen LogP contribution is 2.36. The van der Waals surface area contributed by atoms with Crippen LogP contribution in [0.3, 0.4) is 0 Å². The van der Waals surface area contributed by atoms with Crippen LogP contribution < -0.4 is 14.9 Å². The van der Waals surface area contributed by atoms with E-state index in [0.717, 1.165) is 5.56 Å². The molecule has 0 saturated heterocycles. The summed E-state index contributed by atoms with van der Waals surface area (Å²) in [6, 6.07) is 21.8. The molecule has 0 aliphatic heterocycles. The highest BCUT2D eigenvalue weighted by Gasteiger charge is 2.25. The lowest BCUT2D eigenvalue weighted by Crippen LogP contribution is -2.19. The Labute approximate surface area is 173 Å². The van der Waals surface area contributed by atoms with Crippen LogP contribution in [0.2, 0.25) is 0 Å². The van der Waals surface area contributed by atoms with Gasteiger partial charge >= 0.3 is 0 Å². The van der Waals surface area contributed by atoms with Crippen LogP contribution in [-0.2, 0) is 6.42 Å². The average molecular weight is 400 g/mol. The molecule has 0 atom stereocenters. The molecule has 1 heterocycles. The largest absolute Gasteiger partial charge is 0.493 e. The molecule has 0 aliphatic rings. The Morgan fingerprint density at radius 2 is 1.53 bits per heavy atom. The van der Waals surface area contributed by atoms with Gasteiger partial charge in [-0.3, -0.25) is 9.59 Å². The molecule has 0 spiro atoms. The van der Waals surface area contributed by atoms with Gasteiger partial charge in [0.1, 0.15) is 22.3 Å². The summed E-state index contributed by atoms with van der Waals surface area (Å²) in [6.45, 7) is 0. The molecule has 0 amide bonds. The molecule has 0 N–H and O–H groups in total. The fourth-order valence-corrected chi connectivity index (χ4v) is 3.51. The third-order valence-corrected chi connectivity index (χ3v) is 4.92. The average Bonchev–Trinajstić information content (AvgIpc) is 2.79. The number of ether oxygens (including phenoxy) is 2. The highest BCUT2D eigenvalue weighted by atomic mass is 16.5. The van der Waals surface area contributed by atoms with E-state index in [1.807, 2.05) is 60.7 Å². The molecule has 4 rings (SSSR count). The van der Waals surface area contributed by atoms with Gasteiger partial charge in [-0.2, -0.15) is 0 Å². The molecule has 150 valence electrons. The number of Topliss-reactive ketones (excluding diaryl/α,β-unsaturated/α-hetero) is 1. The quantitative estimate of drug-likeness (QED) is 0.431. The Kier molecular flexibility index (Phi) is 5.35. The SMILES string of the molecule is COc1ccc2oc(-c3ccccc3)c(C(=O)Cc3ccccc3)c(=O)c2c1OC. The van der Waals surface area contributed by atoms with Crippen molar-refractivity contribution in [1.82, 2.24) is 0 Å². The normalized spacial score (nSPS) is 10.7. The topological polar surface area (TPSA) is 65.7 Å². The first-order chi connectivity index (χ1) is 14.6. The van der Waals surface area contributed by atoms with Crippen LogP contribution in [-0.4, -0.2) is 20.0 Å². The van der Waals surface area contributed by atoms with Crippen molar-refractivity contribution in [3.8, 4) is 22.8 Å². The van der Waals surface area contributed by atoms with Crippen LogP contribution in [0.5, 0.6) is 11.5 Å². The number of ketones is 1. The van der Waals surface area contributed by atoms with Gasteiger partial charge in [0.2, 0.25) is 5.43 Å². The lowest BCUT2D eigenvalue weighted by Gasteiger charge is -2.13. The van der Waals surface area contributed by atoms with Crippen LogP contribution in [0, 0.1) is 0 Å². The van der Waals surface area contributed by atoms with Crippen molar-refractivity contribution in [2.24, 2.45) is 0 Å². The number of hydrogen-bond donors (Lipinski definition) is 0. The highest BCUT2D eigenvalue weighted by molar-refractivity contribution is 6.05. The third kappa shape index (κ3) is 3.46. The molecule has 1 aromatic heterocycles. The number of carbonyl (C=O) groups is 1. The number of methoxy groups -OCH3 is 2. The van der Waals surface area contributed by atoms with E-state index >= 15 is 0 Å². The van der Waals surface area contributed by atoms with Gasteiger partial charge in [-0.15, -0.1) is 0 Å². The maximum atomic E-state index is 13.6. The zero-order valence-corrected chi connectivity index (χ0v) is 16.7. The van der Waals surface area contributed by atoms with E-state index in [1.54, 1.807) is 12.1 Å². The zero-order valence-electron chi connectivity index (χ0n) is 16.7. The minimum atomic E-state index is -0.438. The van der Waals surface area contributed by atoms with E-state index in [2.05, 4.69) is 0 Å². The van der Waals surface area contributed by atoms with Crippen LogP contribution in [0.15, 0.2) is 82.0 Å². The van der Waals surface area contributed by atoms with Crippen LogP contribution in [0.1, 0.15) is 15.9 Å². The van der Waals surface area contributed by atoms with Crippen molar-refractivity contribution in [2.75, 3.05) is 14.2 Å². The summed E-state index contributed by atoms with van der Waals surface area (Å²) in [4.78, 5) is 26.9. The predicted octanol–water partition coefficient (Wildman–Crippen LogP) is 4.90. The molecule has 5 nitrogen and oxygen atoms in total. The maximum Gasteiger partial charge on any atom is 0.208 e. The molecule has 4 aromatic rings. The van der Waals surface area contributed by atoms with Gasteiger partial charge in [0.25, 0.3) is 0 Å². The van der Waals surface area contributed by atoms with Gasteiger partial charge in [0.15, 0.2) is 17.3 Å². The molecule has 3 aromatic carbocycles. The van der Waals surface area contributed by atoms with E-state index in [4.69, 9.17) is 13.9 Å². The van der Waals surface area contributed by atoms with Crippen LogP contribution in [0.4, 0.5) is 0 Å². The van der Waals surface area contributed by atoms with Crippen molar-refractivity contribution in [1.29, 1.82) is 0 Å². The molecule has 0 unspecified atom stereocenters. The van der Waals surface area contributed by atoms with E-state index in [1.165, 1.54) is 14.2 Å². The lowest BCUT2D eigenvalue weighted by atomic mass is 9.97. The first-order valence-corrected chi connectivity index (χ1v) is 9.48. The summed E-state index contributed by atoms with van der Waals surface area (Å²) in [7, 11) is 2.94. The van der Waals surface area contributed by atoms with E-state index in [-0.39, 0.29) is 34.7 Å². The Hall–Kier alpha value is -3.86. The van der Waals surface area contributed by atoms with Crippen LogP contribution in [0.25, 0.3) is 22.3 Å². The van der Waals surface area contributed by atoms with Crippen molar-refractivity contribution in [2.45, 2.75) is 6.42 Å². The van der Waals surface area contributed by atoms with E-state index in [9.17, 15) is 9.59 Å². The number of benzene rings is 3. The molecule has 0 fully saturated rings. The van der Waals surface area contributed by atoms with Gasteiger partial charge in [-0.05, 0) is 17.7 Å². The molecular weight excluding hydrogens is 380 g/mol. The zero-order chi connectivity index (χ0) is 21.1. The summed E-state index contributed by atoms with van der Waals surface area (Å²) >= 11 is 0. The van der Waals surface area contributed by atoms with Crippen molar-refractivity contribution >= 4 is 16.8 Å². The van der Waals surface area contributed by atoms with Gasteiger partial charge in [0, 0.05) is 12.0 Å². The fraction of sp³-hybridized carbons (Fsp3) is 0.120. The van der Waals surface area contributed by atoms with Crippen molar-refractivity contribution in [3.63, 3.8) is 0 Å². The van der Waals surface area contributed by atoms with E-state index < -0.39 is 5.43 Å². The molecule has 0 saturated carbocycles. The second kappa shape index (κ2) is 8.25. The summed E-state index contributed by atoms with van der Waals surface area (Å²) in [6.07, 6.45) is 0.0865. The molecule has 5 heteroatoms. The summed E-state index contributed by atoms with van der Waals surface area (Å²) in [5.41, 5.74) is 1.37. The fourth-order valence-electron chi connectivity index (χ4n) is 3.51. The monoisotopic (exact) mass is 400 g/mol. The van der Waals surface area contributed by atoms with Gasteiger partial charge in [0.05, 0.1) is 14.2 Å². The number of carbonyl (C=O) groups excluding carboxylic acids is 1. The summed E-state index contributed by atoms with van der Waals surface area (Å²) < 4.78 is 16.9. The van der Waals surface area contributed by atoms with Gasteiger partial charge < -0.3 is 13.9 Å². The smallest absolute Gasteiger partial charge is 0.208 e. The first kappa shape index (κ1) is 19.5. The standard InChI is InChI=1S/C25H20O5/c1-28-20-14-13-19-22(25(20)29-2)23(27)21(18(26)15-16-9-5-3-6-10-16)24(30-19)17-11-7-4-8-12-17/h3-14H,15H2,1-2H3. The molecule has 0 aliphatic carbocycles. The molecule has 30 heavy (non-hydrogen) atoms. The Morgan fingerprint density at radius 1 is 0.867 bits per heavy atom. The second-order valence-electron chi connectivity index (χ2n) is 6.76. The second-order valence-corrected chi connectivity index (χ2v) is 6.76. The molecule has 0 bridgehead atoms. The van der Waals surface area contributed by atoms with Crippen molar-refractivity contribution < 1.29 is 18.7 Å². The number of fused-ring (bicyclic) bond motifs is 1. The Bertz CT molecular complexity index is 1260. The number of hydrogen-bond acceptors (Lipinski definition) is 5. The summed E-state index contributed by atoms with van der Waals surface area (Å²) in [5, 5.41) is 0.188. The lowest BCUT2D eigenvalue weighted by molar-refractivity contribution is 0.0991. The van der Waals surface area contributed by atoms with Gasteiger partial charge in [-0.25, -0.2) is 0 Å². The minimum absolute atomic E-state index is 0.00380. The maximum absolute atomic E-state index is 13.6. The third-order valence-electron chi connectivity index (χ3n) is 4.92. The molecular formula is C25H20O5. The predicted molar refractivity (Wildman–Crippen MR) is 116 cm³/mol.